The Morgan fingerprint density at radius 1 is 1.06 bits per heavy atom. The van der Waals surface area contributed by atoms with Gasteiger partial charge >= 0.3 is 0 Å². The monoisotopic (exact) mass is 471 g/mol. The van der Waals surface area contributed by atoms with E-state index < -0.39 is 0 Å². The summed E-state index contributed by atoms with van der Waals surface area (Å²) in [5.41, 5.74) is 5.50. The Morgan fingerprint density at radius 2 is 1.85 bits per heavy atom. The van der Waals surface area contributed by atoms with Gasteiger partial charge in [-0.05, 0) is 61.4 Å². The number of benzene rings is 3. The molecule has 7 heteroatoms. The number of aryl methyl sites for hydroxylation is 2. The van der Waals surface area contributed by atoms with Gasteiger partial charge in [-0.3, -0.25) is 4.79 Å². The van der Waals surface area contributed by atoms with Gasteiger partial charge in [0.1, 0.15) is 16.6 Å². The molecule has 1 amide bonds. The van der Waals surface area contributed by atoms with Gasteiger partial charge in [0, 0.05) is 17.7 Å². The maximum Gasteiger partial charge on any atom is 0.234 e. The summed E-state index contributed by atoms with van der Waals surface area (Å²) >= 11 is 1.34. The number of carbonyl (C=O) groups is 1. The summed E-state index contributed by atoms with van der Waals surface area (Å²) in [7, 11) is 0. The number of hydrogen-bond donors (Lipinski definition) is 1. The third-order valence-electron chi connectivity index (χ3n) is 5.58. The Hall–Kier alpha value is -3.71. The average molecular weight is 472 g/mol. The van der Waals surface area contributed by atoms with Gasteiger partial charge in [-0.25, -0.2) is 9.37 Å². The number of fused-ring (bicyclic) bond motifs is 2. The Kier molecular flexibility index (Phi) is 6.02. The van der Waals surface area contributed by atoms with Crippen molar-refractivity contribution in [2.24, 2.45) is 0 Å². The van der Waals surface area contributed by atoms with E-state index in [-0.39, 0.29) is 17.5 Å². The molecule has 1 aliphatic rings. The molecule has 0 bridgehead atoms. The first-order chi connectivity index (χ1) is 16.5. The fraction of sp³-hybridized carbons (Fsp3) is 0.148. The molecule has 1 aromatic heterocycles. The summed E-state index contributed by atoms with van der Waals surface area (Å²) in [6.07, 6.45) is 0.609. The number of hydrogen-bond acceptors (Lipinski definition) is 5. The zero-order valence-corrected chi connectivity index (χ0v) is 19.6. The van der Waals surface area contributed by atoms with Gasteiger partial charge in [-0.15, -0.1) is 0 Å². The highest BCUT2D eigenvalue weighted by Crippen LogP contribution is 2.40. The average Bonchev–Trinajstić information content (AvgIpc) is 2.83. The lowest BCUT2D eigenvalue weighted by Gasteiger charge is -2.22. The van der Waals surface area contributed by atoms with Gasteiger partial charge in [-0.1, -0.05) is 47.7 Å². The third-order valence-corrected chi connectivity index (χ3v) is 6.60. The van der Waals surface area contributed by atoms with Crippen LogP contribution in [0.4, 0.5) is 10.1 Å². The van der Waals surface area contributed by atoms with Crippen LogP contribution >= 0.6 is 11.8 Å². The van der Waals surface area contributed by atoms with Crippen molar-refractivity contribution in [3.8, 4) is 23.0 Å². The maximum atomic E-state index is 13.5. The normalized spacial score (nSPS) is 11.9. The molecule has 0 saturated carbocycles. The van der Waals surface area contributed by atoms with Crippen LogP contribution in [0.1, 0.15) is 22.3 Å². The van der Waals surface area contributed by atoms with E-state index in [1.54, 1.807) is 12.1 Å². The molecule has 1 N–H and O–H groups in total. The largest absolute Gasteiger partial charge is 0.438 e. The summed E-state index contributed by atoms with van der Waals surface area (Å²) in [6.45, 7) is 3.99. The van der Waals surface area contributed by atoms with E-state index in [2.05, 4.69) is 16.4 Å². The summed E-state index contributed by atoms with van der Waals surface area (Å²) < 4.78 is 19.6. The molecule has 0 aliphatic carbocycles. The summed E-state index contributed by atoms with van der Waals surface area (Å²) in [5, 5.41) is 3.64. The highest BCUT2D eigenvalue weighted by molar-refractivity contribution is 8.00. The van der Waals surface area contributed by atoms with Gasteiger partial charge < -0.3 is 10.1 Å². The summed E-state index contributed by atoms with van der Waals surface area (Å²) in [5.74, 6) is 1.38. The first-order valence-electron chi connectivity index (χ1n) is 10.9. The predicted molar refractivity (Wildman–Crippen MR) is 132 cm³/mol. The number of carbonyl (C=O) groups excluding carboxylic acids is 1. The zero-order valence-electron chi connectivity index (χ0n) is 18.8. The number of aromatic nitrogens is 2. The number of thioether (sulfide) groups is 1. The van der Waals surface area contributed by atoms with Gasteiger partial charge in [0.15, 0.2) is 5.82 Å². The van der Waals surface area contributed by atoms with E-state index in [9.17, 15) is 9.18 Å². The molecular weight excluding hydrogens is 449 g/mol. The highest BCUT2D eigenvalue weighted by atomic mass is 32.2. The van der Waals surface area contributed by atoms with Crippen LogP contribution in [0.3, 0.4) is 0 Å². The molecule has 0 saturated heterocycles. The second-order valence-electron chi connectivity index (χ2n) is 8.18. The van der Waals surface area contributed by atoms with E-state index >= 15 is 0 Å². The Labute approximate surface area is 201 Å². The van der Waals surface area contributed by atoms with Crippen molar-refractivity contribution in [3.63, 3.8) is 0 Å². The number of anilines is 1. The second kappa shape index (κ2) is 9.27. The molecule has 3 aromatic carbocycles. The minimum atomic E-state index is -0.329. The standard InChI is InChI=1S/C27H22FN3O2S/c1-16-7-12-23-19(13-16)14-21-26(33-23)30-25(18-8-10-20(28)11-9-18)31-27(21)34-15-24(32)29-22-6-4-3-5-17(22)2/h3-13H,14-15H2,1-2H3,(H,29,32). The van der Waals surface area contributed by atoms with Crippen molar-refractivity contribution in [2.75, 3.05) is 11.1 Å². The van der Waals surface area contributed by atoms with E-state index in [4.69, 9.17) is 9.72 Å². The number of ether oxygens (including phenoxy) is 1. The number of halogens is 1. The SMILES string of the molecule is Cc1ccc2c(c1)Cc1c(nc(-c3ccc(F)cc3)nc1SCC(=O)Nc1ccccc1C)O2. The van der Waals surface area contributed by atoms with E-state index in [0.29, 0.717) is 28.7 Å². The fourth-order valence-corrected chi connectivity index (χ4v) is 4.63. The topological polar surface area (TPSA) is 64.1 Å². The summed E-state index contributed by atoms with van der Waals surface area (Å²) in [4.78, 5) is 22.1. The van der Waals surface area contributed by atoms with Gasteiger partial charge in [0.25, 0.3) is 0 Å². The number of nitrogens with one attached hydrogen (secondary N) is 1. The van der Waals surface area contributed by atoms with E-state index in [1.807, 2.05) is 50.2 Å². The molecule has 0 spiro atoms. The molecule has 5 nitrogen and oxygen atoms in total. The van der Waals surface area contributed by atoms with Gasteiger partial charge in [-0.2, -0.15) is 4.98 Å². The molecule has 0 atom stereocenters. The van der Waals surface area contributed by atoms with Crippen molar-refractivity contribution in [2.45, 2.75) is 25.3 Å². The van der Waals surface area contributed by atoms with Crippen molar-refractivity contribution in [3.05, 3.63) is 94.8 Å². The van der Waals surface area contributed by atoms with Crippen LogP contribution in [0.15, 0.2) is 71.8 Å². The quantitative estimate of drug-likeness (QED) is 0.240. The Morgan fingerprint density at radius 3 is 2.65 bits per heavy atom. The van der Waals surface area contributed by atoms with Crippen molar-refractivity contribution < 1.29 is 13.9 Å². The van der Waals surface area contributed by atoms with E-state index in [1.165, 1.54) is 23.9 Å². The lowest BCUT2D eigenvalue weighted by atomic mass is 10.0. The molecule has 5 rings (SSSR count). The molecule has 170 valence electrons. The smallest absolute Gasteiger partial charge is 0.234 e. The zero-order chi connectivity index (χ0) is 23.7. The molecule has 0 fully saturated rings. The number of amides is 1. The van der Waals surface area contributed by atoms with Gasteiger partial charge in [0.05, 0.1) is 11.3 Å². The minimum absolute atomic E-state index is 0.122. The second-order valence-corrected chi connectivity index (χ2v) is 9.15. The summed E-state index contributed by atoms with van der Waals surface area (Å²) in [6, 6.07) is 19.7. The van der Waals surface area contributed by atoms with Crippen LogP contribution in [0.25, 0.3) is 11.4 Å². The lowest BCUT2D eigenvalue weighted by molar-refractivity contribution is -0.113. The third kappa shape index (κ3) is 4.65. The van der Waals surface area contributed by atoms with Crippen molar-refractivity contribution in [1.82, 2.24) is 9.97 Å². The highest BCUT2D eigenvalue weighted by Gasteiger charge is 2.25. The van der Waals surface area contributed by atoms with Crippen LogP contribution in [-0.4, -0.2) is 21.6 Å². The molecule has 2 heterocycles. The predicted octanol–water partition coefficient (Wildman–Crippen LogP) is 6.33. The fourth-order valence-electron chi connectivity index (χ4n) is 3.80. The van der Waals surface area contributed by atoms with Crippen LogP contribution in [0, 0.1) is 19.7 Å². The molecule has 4 aromatic rings. The van der Waals surface area contributed by atoms with E-state index in [0.717, 1.165) is 33.7 Å². The number of rotatable bonds is 5. The molecule has 0 unspecified atom stereocenters. The van der Waals surface area contributed by atoms with Crippen molar-refractivity contribution >= 4 is 23.4 Å². The Balaban J connectivity index is 1.46. The first kappa shape index (κ1) is 22.1. The van der Waals surface area contributed by atoms with Crippen LogP contribution in [-0.2, 0) is 11.2 Å². The lowest BCUT2D eigenvalue weighted by Crippen LogP contribution is -2.16. The molecule has 34 heavy (non-hydrogen) atoms. The molecule has 0 radical (unpaired) electrons. The molecule has 1 aliphatic heterocycles. The number of para-hydroxylation sites is 1. The maximum absolute atomic E-state index is 13.5. The van der Waals surface area contributed by atoms with Crippen molar-refractivity contribution in [1.29, 1.82) is 0 Å². The van der Waals surface area contributed by atoms with Crippen LogP contribution in [0.5, 0.6) is 11.6 Å². The first-order valence-corrected chi connectivity index (χ1v) is 11.9. The molecular formula is C27H22FN3O2S. The minimum Gasteiger partial charge on any atom is -0.438 e. The Bertz CT molecular complexity index is 1390. The van der Waals surface area contributed by atoms with Crippen LogP contribution < -0.4 is 10.1 Å². The van der Waals surface area contributed by atoms with Crippen LogP contribution in [0.2, 0.25) is 0 Å². The van der Waals surface area contributed by atoms with Gasteiger partial charge in [0.2, 0.25) is 11.8 Å². The number of nitrogens with zero attached hydrogens (tertiary/aromatic N) is 2.